The Morgan fingerprint density at radius 2 is 1.84 bits per heavy atom. The van der Waals surface area contributed by atoms with E-state index in [-0.39, 0.29) is 18.7 Å². The van der Waals surface area contributed by atoms with Gasteiger partial charge in [-0.2, -0.15) is 0 Å². The van der Waals surface area contributed by atoms with Gasteiger partial charge in [0.25, 0.3) is 0 Å². The number of hydrogen-bond acceptors (Lipinski definition) is 5. The van der Waals surface area contributed by atoms with E-state index in [9.17, 15) is 4.79 Å². The maximum atomic E-state index is 10.8. The van der Waals surface area contributed by atoms with E-state index < -0.39 is 6.10 Å². The van der Waals surface area contributed by atoms with Crippen molar-refractivity contribution in [1.29, 1.82) is 0 Å². The van der Waals surface area contributed by atoms with E-state index in [2.05, 4.69) is 4.74 Å². The second-order valence-electron chi connectivity index (χ2n) is 4.03. The highest BCUT2D eigenvalue weighted by Gasteiger charge is 2.01. The van der Waals surface area contributed by atoms with Crippen molar-refractivity contribution in [3.05, 3.63) is 35.9 Å². The Morgan fingerprint density at radius 3 is 2.26 bits per heavy atom. The molecule has 0 bridgehead atoms. The van der Waals surface area contributed by atoms with Gasteiger partial charge in [0.05, 0.1) is 38.1 Å². The van der Waals surface area contributed by atoms with Gasteiger partial charge < -0.3 is 19.7 Å². The molecule has 1 aromatic carbocycles. The van der Waals surface area contributed by atoms with Crippen LogP contribution in [0.5, 0.6) is 0 Å². The molecule has 0 spiro atoms. The van der Waals surface area contributed by atoms with E-state index in [1.165, 1.54) is 7.11 Å². The van der Waals surface area contributed by atoms with Gasteiger partial charge in [-0.25, -0.2) is 4.79 Å². The molecule has 0 aliphatic heterocycles. The Hall–Kier alpha value is -1.43. The summed E-state index contributed by atoms with van der Waals surface area (Å²) in [6.07, 6.45) is -0.612. The molecule has 19 heavy (non-hydrogen) atoms. The van der Waals surface area contributed by atoms with Gasteiger partial charge in [0, 0.05) is 0 Å². The average molecular weight is 270 g/mol. The fourth-order valence-electron chi connectivity index (χ4n) is 1.05. The summed E-state index contributed by atoms with van der Waals surface area (Å²) in [5.41, 5.74) is 0.588. The number of aliphatic hydroxyl groups is 2. The number of carbonyl (C=O) groups is 1. The highest BCUT2D eigenvalue weighted by atomic mass is 16.5. The summed E-state index contributed by atoms with van der Waals surface area (Å²) in [5, 5.41) is 17.1. The number of aliphatic hydroxyl groups excluding tert-OH is 2. The lowest BCUT2D eigenvalue weighted by Gasteiger charge is -2.10. The van der Waals surface area contributed by atoms with E-state index in [0.717, 1.165) is 0 Å². The summed E-state index contributed by atoms with van der Waals surface area (Å²) in [6.45, 7) is 3.70. The normalized spacial score (nSPS) is 12.9. The molecule has 108 valence electrons. The van der Waals surface area contributed by atoms with Gasteiger partial charge in [0.1, 0.15) is 0 Å². The SMILES string of the molecule is CC(O)COC(C)CO.COC(=O)c1ccccc1. The molecular weight excluding hydrogens is 248 g/mol. The average Bonchev–Trinajstić information content (AvgIpc) is 2.45. The molecule has 1 rings (SSSR count). The van der Waals surface area contributed by atoms with Gasteiger partial charge in [-0.1, -0.05) is 18.2 Å². The molecule has 1 aromatic rings. The fourth-order valence-corrected chi connectivity index (χ4v) is 1.05. The predicted octanol–water partition coefficient (Wildman–Crippen LogP) is 1.24. The van der Waals surface area contributed by atoms with Crippen LogP contribution in [0.3, 0.4) is 0 Å². The Kier molecular flexibility index (Phi) is 9.70. The number of methoxy groups -OCH3 is 1. The zero-order chi connectivity index (χ0) is 14.7. The summed E-state index contributed by atoms with van der Waals surface area (Å²) >= 11 is 0. The van der Waals surface area contributed by atoms with Crippen molar-refractivity contribution >= 4 is 5.97 Å². The van der Waals surface area contributed by atoms with Crippen LogP contribution in [-0.2, 0) is 9.47 Å². The number of benzene rings is 1. The first-order chi connectivity index (χ1) is 9.01. The third-order valence-corrected chi connectivity index (χ3v) is 2.07. The Balaban J connectivity index is 0.000000344. The second kappa shape index (κ2) is 10.5. The smallest absolute Gasteiger partial charge is 0.337 e. The van der Waals surface area contributed by atoms with Gasteiger partial charge in [0.2, 0.25) is 0 Å². The molecule has 2 N–H and O–H groups in total. The summed E-state index contributed by atoms with van der Waals surface area (Å²) in [4.78, 5) is 10.8. The first-order valence-corrected chi connectivity index (χ1v) is 6.05. The summed E-state index contributed by atoms with van der Waals surface area (Å²) in [5.74, 6) is -0.291. The predicted molar refractivity (Wildman–Crippen MR) is 72.0 cm³/mol. The minimum atomic E-state index is -0.445. The maximum absolute atomic E-state index is 10.8. The van der Waals surface area contributed by atoms with Crippen LogP contribution >= 0.6 is 0 Å². The van der Waals surface area contributed by atoms with E-state index in [1.807, 2.05) is 6.07 Å². The molecular formula is C14H22O5. The van der Waals surface area contributed by atoms with Gasteiger partial charge in [-0.05, 0) is 26.0 Å². The lowest BCUT2D eigenvalue weighted by Crippen LogP contribution is -2.19. The van der Waals surface area contributed by atoms with Crippen LogP contribution in [-0.4, -0.2) is 48.7 Å². The van der Waals surface area contributed by atoms with Crippen LogP contribution < -0.4 is 0 Å². The van der Waals surface area contributed by atoms with E-state index in [1.54, 1.807) is 38.1 Å². The Bertz CT molecular complexity index is 337. The molecule has 5 nitrogen and oxygen atoms in total. The number of carbonyl (C=O) groups excluding carboxylic acids is 1. The monoisotopic (exact) mass is 270 g/mol. The highest BCUT2D eigenvalue weighted by molar-refractivity contribution is 5.89. The topological polar surface area (TPSA) is 76.0 Å². The van der Waals surface area contributed by atoms with E-state index in [0.29, 0.717) is 12.2 Å². The molecule has 0 aliphatic carbocycles. The van der Waals surface area contributed by atoms with E-state index in [4.69, 9.17) is 14.9 Å². The van der Waals surface area contributed by atoms with Crippen LogP contribution in [0, 0.1) is 0 Å². The lowest BCUT2D eigenvalue weighted by molar-refractivity contribution is -0.0177. The number of esters is 1. The molecule has 0 aromatic heterocycles. The molecule has 0 aliphatic rings. The van der Waals surface area contributed by atoms with Gasteiger partial charge in [-0.3, -0.25) is 0 Å². The molecule has 0 amide bonds. The van der Waals surface area contributed by atoms with Crippen LogP contribution in [0.1, 0.15) is 24.2 Å². The zero-order valence-corrected chi connectivity index (χ0v) is 11.6. The first kappa shape index (κ1) is 17.6. The van der Waals surface area contributed by atoms with Crippen molar-refractivity contribution in [2.45, 2.75) is 26.1 Å². The standard InChI is InChI=1S/C8H8O2.C6H14O3/c1-10-8(9)7-5-3-2-4-6-7;1-5(8)4-9-6(2)3-7/h2-6H,1H3;5-8H,3-4H2,1-2H3. The molecule has 2 unspecified atom stereocenters. The minimum Gasteiger partial charge on any atom is -0.465 e. The maximum Gasteiger partial charge on any atom is 0.337 e. The molecule has 5 heteroatoms. The second-order valence-corrected chi connectivity index (χ2v) is 4.03. The molecule has 0 saturated carbocycles. The van der Waals surface area contributed by atoms with Crippen molar-refractivity contribution in [1.82, 2.24) is 0 Å². The third kappa shape index (κ3) is 9.18. The highest BCUT2D eigenvalue weighted by Crippen LogP contribution is 1.98. The quantitative estimate of drug-likeness (QED) is 0.787. The minimum absolute atomic E-state index is 0.00667. The molecule has 0 heterocycles. The van der Waals surface area contributed by atoms with Gasteiger partial charge in [0.15, 0.2) is 0 Å². The van der Waals surface area contributed by atoms with Crippen LogP contribution in [0.25, 0.3) is 0 Å². The summed E-state index contributed by atoms with van der Waals surface area (Å²) < 4.78 is 9.45. The molecule has 0 fully saturated rings. The third-order valence-electron chi connectivity index (χ3n) is 2.07. The fraction of sp³-hybridized carbons (Fsp3) is 0.500. The van der Waals surface area contributed by atoms with Gasteiger partial charge >= 0.3 is 5.97 Å². The zero-order valence-electron chi connectivity index (χ0n) is 11.6. The Labute approximate surface area is 113 Å². The number of ether oxygens (including phenoxy) is 2. The van der Waals surface area contributed by atoms with Crippen molar-refractivity contribution < 1.29 is 24.5 Å². The van der Waals surface area contributed by atoms with Crippen LogP contribution in [0.2, 0.25) is 0 Å². The first-order valence-electron chi connectivity index (χ1n) is 6.05. The van der Waals surface area contributed by atoms with Crippen molar-refractivity contribution in [2.24, 2.45) is 0 Å². The molecule has 2 atom stereocenters. The van der Waals surface area contributed by atoms with Crippen molar-refractivity contribution in [3.8, 4) is 0 Å². The molecule has 0 radical (unpaired) electrons. The van der Waals surface area contributed by atoms with Crippen molar-refractivity contribution in [2.75, 3.05) is 20.3 Å². The summed E-state index contributed by atoms with van der Waals surface area (Å²) in [7, 11) is 1.37. The van der Waals surface area contributed by atoms with Crippen LogP contribution in [0.4, 0.5) is 0 Å². The van der Waals surface area contributed by atoms with Crippen molar-refractivity contribution in [3.63, 3.8) is 0 Å². The largest absolute Gasteiger partial charge is 0.465 e. The van der Waals surface area contributed by atoms with E-state index >= 15 is 0 Å². The summed E-state index contributed by atoms with van der Waals surface area (Å²) in [6, 6.07) is 8.88. The Morgan fingerprint density at radius 1 is 1.26 bits per heavy atom. The number of rotatable bonds is 5. The number of hydrogen-bond donors (Lipinski definition) is 2. The van der Waals surface area contributed by atoms with Crippen LogP contribution in [0.15, 0.2) is 30.3 Å². The lowest BCUT2D eigenvalue weighted by atomic mass is 10.2. The van der Waals surface area contributed by atoms with Gasteiger partial charge in [-0.15, -0.1) is 0 Å². The molecule has 0 saturated heterocycles.